The number of piperidine rings is 1. The molecule has 1 saturated heterocycles. The summed E-state index contributed by atoms with van der Waals surface area (Å²) >= 11 is 0. The predicted molar refractivity (Wildman–Crippen MR) is 121 cm³/mol. The maximum Gasteiger partial charge on any atom is 0.310 e. The highest BCUT2D eigenvalue weighted by Gasteiger charge is 2.52. The van der Waals surface area contributed by atoms with E-state index in [0.29, 0.717) is 12.0 Å². The summed E-state index contributed by atoms with van der Waals surface area (Å²) in [7, 11) is 0. The lowest BCUT2D eigenvalue weighted by Crippen LogP contribution is -2.50. The number of carboxylic acid groups (broad SMARTS) is 1. The Morgan fingerprint density at radius 2 is 1.87 bits per heavy atom. The minimum atomic E-state index is -0.601. The van der Waals surface area contributed by atoms with Crippen molar-refractivity contribution in [3.8, 4) is 0 Å². The lowest BCUT2D eigenvalue weighted by atomic mass is 9.78. The van der Waals surface area contributed by atoms with Crippen molar-refractivity contribution < 1.29 is 14.6 Å². The number of benzene rings is 1. The number of rotatable bonds is 11. The van der Waals surface area contributed by atoms with Crippen molar-refractivity contribution in [1.82, 2.24) is 10.2 Å². The van der Waals surface area contributed by atoms with Gasteiger partial charge in [0.2, 0.25) is 0 Å². The van der Waals surface area contributed by atoms with Gasteiger partial charge < -0.3 is 20.1 Å². The Kier molecular flexibility index (Phi) is 6.11. The van der Waals surface area contributed by atoms with Gasteiger partial charge in [0, 0.05) is 37.1 Å². The summed E-state index contributed by atoms with van der Waals surface area (Å²) in [5.74, 6) is 0.830. The summed E-state index contributed by atoms with van der Waals surface area (Å²) in [4.78, 5) is 14.0. The first-order chi connectivity index (χ1) is 15.1. The van der Waals surface area contributed by atoms with Gasteiger partial charge in [-0.05, 0) is 69.5 Å². The van der Waals surface area contributed by atoms with Gasteiger partial charge in [-0.25, -0.2) is 0 Å². The van der Waals surface area contributed by atoms with Crippen LogP contribution in [0.2, 0.25) is 0 Å². The average Bonchev–Trinajstić information content (AvgIpc) is 3.67. The molecule has 1 heterocycles. The summed E-state index contributed by atoms with van der Waals surface area (Å²) < 4.78 is 6.28. The van der Waals surface area contributed by atoms with Crippen LogP contribution < -0.4 is 5.32 Å². The molecule has 2 N–H and O–H groups in total. The highest BCUT2D eigenvalue weighted by molar-refractivity contribution is 5.78. The van der Waals surface area contributed by atoms with Gasteiger partial charge in [0.1, 0.15) is 0 Å². The number of carbonyl (C=O) groups is 1. The third kappa shape index (κ3) is 4.99. The van der Waals surface area contributed by atoms with Crippen molar-refractivity contribution in [3.05, 3.63) is 35.9 Å². The van der Waals surface area contributed by atoms with E-state index in [1.165, 1.54) is 31.2 Å². The second-order valence-corrected chi connectivity index (χ2v) is 10.9. The summed E-state index contributed by atoms with van der Waals surface area (Å²) in [6, 6.07) is 11.5. The van der Waals surface area contributed by atoms with E-state index >= 15 is 0 Å². The maximum absolute atomic E-state index is 11.6. The number of nitrogens with zero attached hydrogens (tertiary/aromatic N) is 1. The van der Waals surface area contributed by atoms with Crippen LogP contribution in [0.3, 0.4) is 0 Å². The second-order valence-electron chi connectivity index (χ2n) is 10.9. The Morgan fingerprint density at radius 3 is 2.48 bits per heavy atom. The van der Waals surface area contributed by atoms with Crippen molar-refractivity contribution in [2.24, 2.45) is 16.7 Å². The van der Waals surface area contributed by atoms with Crippen molar-refractivity contribution in [3.63, 3.8) is 0 Å². The quantitative estimate of drug-likeness (QED) is 0.562. The minimum Gasteiger partial charge on any atom is -0.481 e. The number of carboxylic acids is 1. The average molecular weight is 427 g/mol. The molecule has 3 saturated carbocycles. The van der Waals surface area contributed by atoms with Crippen molar-refractivity contribution in [1.29, 1.82) is 0 Å². The summed E-state index contributed by atoms with van der Waals surface area (Å²) in [5.41, 5.74) is 1.19. The fourth-order valence-electron chi connectivity index (χ4n) is 5.51. The number of aliphatic carboxylic acids is 1. The van der Waals surface area contributed by atoms with Crippen LogP contribution in [-0.2, 0) is 9.53 Å². The molecule has 1 aromatic rings. The van der Waals surface area contributed by atoms with Crippen LogP contribution in [0.1, 0.15) is 62.8 Å². The fourth-order valence-corrected chi connectivity index (χ4v) is 5.51. The van der Waals surface area contributed by atoms with Crippen LogP contribution in [0.4, 0.5) is 0 Å². The molecule has 1 aromatic carbocycles. The Labute approximate surface area is 186 Å². The number of likely N-dealkylation sites (tertiary alicyclic amines) is 1. The Morgan fingerprint density at radius 1 is 1.13 bits per heavy atom. The number of hydrogen-bond donors (Lipinski definition) is 2. The SMILES string of the molecule is O=C(O)C1(CN2CCC(CNC3CC3c3ccccc3)(COCC3CCC3)CC2)CC1. The van der Waals surface area contributed by atoms with E-state index < -0.39 is 11.4 Å². The zero-order chi connectivity index (χ0) is 21.3. The van der Waals surface area contributed by atoms with Crippen molar-refractivity contribution >= 4 is 5.97 Å². The van der Waals surface area contributed by atoms with Gasteiger partial charge in [0.15, 0.2) is 0 Å². The number of ether oxygens (including phenoxy) is 1. The van der Waals surface area contributed by atoms with Crippen LogP contribution in [0.5, 0.6) is 0 Å². The molecule has 2 unspecified atom stereocenters. The molecule has 0 spiro atoms. The predicted octanol–water partition coefficient (Wildman–Crippen LogP) is 3.90. The summed E-state index contributed by atoms with van der Waals surface area (Å²) in [6.07, 6.45) is 9.15. The summed E-state index contributed by atoms with van der Waals surface area (Å²) in [5, 5.41) is 13.4. The van der Waals surface area contributed by atoms with Crippen molar-refractivity contribution in [2.75, 3.05) is 39.4 Å². The summed E-state index contributed by atoms with van der Waals surface area (Å²) in [6.45, 7) is 5.50. The normalized spacial score (nSPS) is 29.3. The van der Waals surface area contributed by atoms with Gasteiger partial charge in [-0.2, -0.15) is 0 Å². The van der Waals surface area contributed by atoms with Crippen LogP contribution >= 0.6 is 0 Å². The molecule has 4 fully saturated rings. The third-order valence-corrected chi connectivity index (χ3v) is 8.49. The first kappa shape index (κ1) is 21.4. The maximum atomic E-state index is 11.6. The third-order valence-electron chi connectivity index (χ3n) is 8.49. The Hall–Kier alpha value is -1.43. The lowest BCUT2D eigenvalue weighted by molar-refractivity contribution is -0.144. The molecule has 2 atom stereocenters. The molecule has 31 heavy (non-hydrogen) atoms. The molecule has 0 bridgehead atoms. The molecule has 0 radical (unpaired) electrons. The molecule has 3 aliphatic carbocycles. The van der Waals surface area contributed by atoms with Crippen molar-refractivity contribution in [2.45, 2.75) is 63.3 Å². The van der Waals surface area contributed by atoms with E-state index in [4.69, 9.17) is 4.74 Å². The second kappa shape index (κ2) is 8.84. The van der Waals surface area contributed by atoms with E-state index in [2.05, 4.69) is 40.5 Å². The first-order valence-electron chi connectivity index (χ1n) is 12.4. The molecule has 0 aromatic heterocycles. The first-order valence-corrected chi connectivity index (χ1v) is 12.4. The molecule has 1 aliphatic heterocycles. The molecule has 4 aliphatic rings. The van der Waals surface area contributed by atoms with E-state index in [1.807, 2.05) is 0 Å². The number of hydrogen-bond acceptors (Lipinski definition) is 4. The standard InChI is InChI=1S/C26H38N2O3/c29-24(30)26(9-10-26)18-28-13-11-25(12-14-28,19-31-16-20-5-4-6-20)17-27-23-15-22(23)21-7-2-1-3-8-21/h1-3,7-8,20,22-23,27H,4-6,9-19H2,(H,29,30). The molecular formula is C26H38N2O3. The molecular weight excluding hydrogens is 388 g/mol. The van der Waals surface area contributed by atoms with Crippen LogP contribution in [-0.4, -0.2) is 61.4 Å². The topological polar surface area (TPSA) is 61.8 Å². The van der Waals surface area contributed by atoms with Gasteiger partial charge in [0.25, 0.3) is 0 Å². The zero-order valence-electron chi connectivity index (χ0n) is 18.7. The number of nitrogens with one attached hydrogen (secondary N) is 1. The Bertz CT molecular complexity index is 751. The van der Waals surface area contributed by atoms with Crippen LogP contribution in [0.25, 0.3) is 0 Å². The fraction of sp³-hybridized carbons (Fsp3) is 0.731. The van der Waals surface area contributed by atoms with E-state index in [0.717, 1.165) is 71.0 Å². The molecule has 170 valence electrons. The van der Waals surface area contributed by atoms with Crippen LogP contribution in [0.15, 0.2) is 30.3 Å². The zero-order valence-corrected chi connectivity index (χ0v) is 18.7. The highest BCUT2D eigenvalue weighted by Crippen LogP contribution is 2.47. The van der Waals surface area contributed by atoms with Gasteiger partial charge in [-0.3, -0.25) is 4.79 Å². The molecule has 5 rings (SSSR count). The van der Waals surface area contributed by atoms with Gasteiger partial charge in [-0.15, -0.1) is 0 Å². The van der Waals surface area contributed by atoms with E-state index in [-0.39, 0.29) is 5.41 Å². The van der Waals surface area contributed by atoms with Gasteiger partial charge >= 0.3 is 5.97 Å². The van der Waals surface area contributed by atoms with Gasteiger partial charge in [-0.1, -0.05) is 36.8 Å². The van der Waals surface area contributed by atoms with E-state index in [9.17, 15) is 9.90 Å². The Balaban J connectivity index is 1.14. The van der Waals surface area contributed by atoms with Crippen LogP contribution in [0, 0.1) is 16.7 Å². The van der Waals surface area contributed by atoms with E-state index in [1.54, 1.807) is 0 Å². The minimum absolute atomic E-state index is 0.185. The largest absolute Gasteiger partial charge is 0.481 e. The monoisotopic (exact) mass is 426 g/mol. The lowest BCUT2D eigenvalue weighted by Gasteiger charge is -2.43. The smallest absolute Gasteiger partial charge is 0.310 e. The molecule has 5 heteroatoms. The molecule has 5 nitrogen and oxygen atoms in total. The van der Waals surface area contributed by atoms with Gasteiger partial charge in [0.05, 0.1) is 12.0 Å². The highest BCUT2D eigenvalue weighted by atomic mass is 16.5. The molecule has 0 amide bonds.